The van der Waals surface area contributed by atoms with E-state index in [1.165, 1.54) is 6.26 Å². The molecule has 0 aliphatic heterocycles. The van der Waals surface area contributed by atoms with Crippen LogP contribution in [0.1, 0.15) is 16.7 Å². The summed E-state index contributed by atoms with van der Waals surface area (Å²) < 4.78 is 5.58. The Labute approximate surface area is 132 Å². The predicted octanol–water partition coefficient (Wildman–Crippen LogP) is 1.94. The van der Waals surface area contributed by atoms with Gasteiger partial charge in [-0.05, 0) is 22.8 Å². The van der Waals surface area contributed by atoms with Gasteiger partial charge in [0.2, 0.25) is 5.43 Å². The summed E-state index contributed by atoms with van der Waals surface area (Å²) in [6, 6.07) is 10.2. The topological polar surface area (TPSA) is 90.9 Å². The van der Waals surface area contributed by atoms with Gasteiger partial charge >= 0.3 is 0 Å². The number of benzene rings is 2. The molecule has 3 rings (SSSR count). The number of aliphatic hydroxyl groups is 3. The van der Waals surface area contributed by atoms with Crippen molar-refractivity contribution in [1.29, 1.82) is 0 Å². The zero-order chi connectivity index (χ0) is 16.4. The predicted molar refractivity (Wildman–Crippen MR) is 85.7 cm³/mol. The molecule has 0 unspecified atom stereocenters. The highest BCUT2D eigenvalue weighted by atomic mass is 16.3. The molecule has 0 amide bonds. The highest BCUT2D eigenvalue weighted by Gasteiger charge is 2.14. The van der Waals surface area contributed by atoms with E-state index < -0.39 is 0 Å². The van der Waals surface area contributed by atoms with Crippen LogP contribution in [0, 0.1) is 0 Å². The lowest BCUT2D eigenvalue weighted by Gasteiger charge is -2.09. The molecule has 5 nitrogen and oxygen atoms in total. The summed E-state index contributed by atoms with van der Waals surface area (Å²) >= 11 is 0. The van der Waals surface area contributed by atoms with Crippen LogP contribution in [-0.2, 0) is 19.8 Å². The van der Waals surface area contributed by atoms with Crippen molar-refractivity contribution in [3.8, 4) is 11.1 Å². The standard InChI is InChI=1S/C18H16O5/c19-7-11-1-3-12(4-2-11)16-10-23-18-14(17(16)22)6-5-13(8-20)15(18)9-21/h1-6,10,19-21H,7-9H2. The van der Waals surface area contributed by atoms with Crippen LogP contribution in [0.4, 0.5) is 0 Å². The van der Waals surface area contributed by atoms with Gasteiger partial charge in [-0.15, -0.1) is 0 Å². The molecule has 0 aliphatic carbocycles. The molecule has 5 heteroatoms. The molecule has 0 atom stereocenters. The molecule has 3 N–H and O–H groups in total. The Morgan fingerprint density at radius 1 is 0.870 bits per heavy atom. The highest BCUT2D eigenvalue weighted by molar-refractivity contribution is 5.84. The van der Waals surface area contributed by atoms with E-state index in [4.69, 9.17) is 9.52 Å². The molecule has 0 saturated carbocycles. The fourth-order valence-electron chi connectivity index (χ4n) is 2.61. The maximum absolute atomic E-state index is 12.7. The van der Waals surface area contributed by atoms with Gasteiger partial charge in [0, 0.05) is 5.56 Å². The van der Waals surface area contributed by atoms with E-state index in [1.807, 2.05) is 0 Å². The zero-order valence-corrected chi connectivity index (χ0v) is 12.3. The number of rotatable bonds is 4. The van der Waals surface area contributed by atoms with E-state index in [2.05, 4.69) is 0 Å². The van der Waals surface area contributed by atoms with Gasteiger partial charge in [-0.1, -0.05) is 30.3 Å². The van der Waals surface area contributed by atoms with E-state index >= 15 is 0 Å². The van der Waals surface area contributed by atoms with E-state index in [1.54, 1.807) is 36.4 Å². The molecule has 0 saturated heterocycles. The Morgan fingerprint density at radius 2 is 1.61 bits per heavy atom. The first kappa shape index (κ1) is 15.4. The number of fused-ring (bicyclic) bond motifs is 1. The van der Waals surface area contributed by atoms with Crippen LogP contribution in [0.25, 0.3) is 22.1 Å². The summed E-state index contributed by atoms with van der Waals surface area (Å²) in [6.45, 7) is -0.614. The Balaban J connectivity index is 2.21. The van der Waals surface area contributed by atoms with Crippen molar-refractivity contribution in [2.24, 2.45) is 0 Å². The molecule has 118 valence electrons. The first-order valence-corrected chi connectivity index (χ1v) is 7.17. The van der Waals surface area contributed by atoms with Gasteiger partial charge in [0.25, 0.3) is 0 Å². The van der Waals surface area contributed by atoms with Crippen LogP contribution in [0.2, 0.25) is 0 Å². The third-order valence-corrected chi connectivity index (χ3v) is 3.92. The Hall–Kier alpha value is -2.47. The zero-order valence-electron chi connectivity index (χ0n) is 12.3. The minimum absolute atomic E-state index is 0.0591. The summed E-state index contributed by atoms with van der Waals surface area (Å²) in [5.74, 6) is 0. The van der Waals surface area contributed by atoms with Gasteiger partial charge in [0.1, 0.15) is 11.8 Å². The van der Waals surface area contributed by atoms with Crippen LogP contribution < -0.4 is 5.43 Å². The molecule has 0 spiro atoms. The molecule has 0 aliphatic rings. The number of aliphatic hydroxyl groups excluding tert-OH is 3. The van der Waals surface area contributed by atoms with Gasteiger partial charge in [-0.25, -0.2) is 0 Å². The van der Waals surface area contributed by atoms with Crippen LogP contribution in [-0.4, -0.2) is 15.3 Å². The normalized spacial score (nSPS) is 11.1. The SMILES string of the molecule is O=c1c(-c2ccc(CO)cc2)coc2c(CO)c(CO)ccc12. The molecule has 1 aromatic heterocycles. The van der Waals surface area contributed by atoms with E-state index in [0.717, 1.165) is 5.56 Å². The minimum Gasteiger partial charge on any atom is -0.463 e. The highest BCUT2D eigenvalue weighted by Crippen LogP contribution is 2.25. The van der Waals surface area contributed by atoms with E-state index in [0.29, 0.717) is 33.2 Å². The second-order valence-electron chi connectivity index (χ2n) is 5.23. The molecule has 0 radical (unpaired) electrons. The summed E-state index contributed by atoms with van der Waals surface area (Å²) in [4.78, 5) is 12.7. The van der Waals surface area contributed by atoms with Gasteiger partial charge in [-0.2, -0.15) is 0 Å². The Bertz CT molecular complexity index is 894. The smallest absolute Gasteiger partial charge is 0.200 e. The third-order valence-electron chi connectivity index (χ3n) is 3.92. The van der Waals surface area contributed by atoms with Crippen molar-refractivity contribution in [1.82, 2.24) is 0 Å². The second-order valence-corrected chi connectivity index (χ2v) is 5.23. The van der Waals surface area contributed by atoms with Crippen LogP contribution in [0.5, 0.6) is 0 Å². The average molecular weight is 312 g/mol. The lowest BCUT2D eigenvalue weighted by Crippen LogP contribution is -2.07. The monoisotopic (exact) mass is 312 g/mol. The molecule has 0 bridgehead atoms. The van der Waals surface area contributed by atoms with Crippen LogP contribution in [0.15, 0.2) is 51.9 Å². The summed E-state index contributed by atoms with van der Waals surface area (Å²) in [6.07, 6.45) is 1.36. The Morgan fingerprint density at radius 3 is 2.22 bits per heavy atom. The lowest BCUT2D eigenvalue weighted by atomic mass is 10.0. The van der Waals surface area contributed by atoms with Crippen LogP contribution in [0.3, 0.4) is 0 Å². The van der Waals surface area contributed by atoms with E-state index in [9.17, 15) is 15.0 Å². The van der Waals surface area contributed by atoms with Gasteiger partial charge < -0.3 is 19.7 Å². The lowest BCUT2D eigenvalue weighted by molar-refractivity contribution is 0.260. The molecular weight excluding hydrogens is 296 g/mol. The third kappa shape index (κ3) is 2.66. The summed E-state index contributed by atoms with van der Waals surface area (Å²) in [5.41, 5.74) is 2.89. The Kier molecular flexibility index (Phi) is 4.25. The van der Waals surface area contributed by atoms with Crippen molar-refractivity contribution in [3.63, 3.8) is 0 Å². The fraction of sp³-hybridized carbons (Fsp3) is 0.167. The number of hydrogen-bond donors (Lipinski definition) is 3. The van der Waals surface area contributed by atoms with Crippen molar-refractivity contribution in [2.75, 3.05) is 0 Å². The largest absolute Gasteiger partial charge is 0.463 e. The fourth-order valence-corrected chi connectivity index (χ4v) is 2.61. The molecule has 1 heterocycles. The van der Waals surface area contributed by atoms with Gasteiger partial charge in [-0.3, -0.25) is 4.79 Å². The van der Waals surface area contributed by atoms with Gasteiger partial charge in [0.15, 0.2) is 0 Å². The van der Waals surface area contributed by atoms with Gasteiger partial charge in [0.05, 0.1) is 30.8 Å². The van der Waals surface area contributed by atoms with Crippen molar-refractivity contribution in [2.45, 2.75) is 19.8 Å². The molecule has 0 fully saturated rings. The number of hydrogen-bond acceptors (Lipinski definition) is 5. The maximum atomic E-state index is 12.7. The average Bonchev–Trinajstić information content (AvgIpc) is 2.61. The minimum atomic E-state index is -0.319. The molecular formula is C18H16O5. The van der Waals surface area contributed by atoms with Crippen molar-refractivity contribution < 1.29 is 19.7 Å². The first-order chi connectivity index (χ1) is 11.2. The van der Waals surface area contributed by atoms with E-state index in [-0.39, 0.29) is 25.2 Å². The van der Waals surface area contributed by atoms with Crippen molar-refractivity contribution in [3.05, 3.63) is 69.6 Å². The van der Waals surface area contributed by atoms with Crippen molar-refractivity contribution >= 4 is 11.0 Å². The molecule has 3 aromatic rings. The second kappa shape index (κ2) is 6.34. The first-order valence-electron chi connectivity index (χ1n) is 7.17. The summed E-state index contributed by atoms with van der Waals surface area (Å²) in [7, 11) is 0. The summed E-state index contributed by atoms with van der Waals surface area (Å²) in [5, 5.41) is 28.2. The molecule has 2 aromatic carbocycles. The maximum Gasteiger partial charge on any atom is 0.200 e. The quantitative estimate of drug-likeness (QED) is 0.685. The molecule has 23 heavy (non-hydrogen) atoms. The van der Waals surface area contributed by atoms with Crippen LogP contribution >= 0.6 is 0 Å².